The van der Waals surface area contributed by atoms with Gasteiger partial charge in [-0.05, 0) is 158 Å². The molecule has 2 aromatic carbocycles. The van der Waals surface area contributed by atoms with Crippen molar-refractivity contribution in [3.8, 4) is 11.5 Å². The molecule has 2 aliphatic heterocycles. The van der Waals surface area contributed by atoms with Crippen molar-refractivity contribution in [1.29, 1.82) is 0 Å². The predicted molar refractivity (Wildman–Crippen MR) is 154 cm³/mol. The summed E-state index contributed by atoms with van der Waals surface area (Å²) in [6.07, 6.45) is 17.6. The van der Waals surface area contributed by atoms with Gasteiger partial charge in [0.25, 0.3) is 0 Å². The highest BCUT2D eigenvalue weighted by atomic mass is 16.6. The Labute approximate surface area is 238 Å². The largest absolute Gasteiger partial charge is 0.491 e. The van der Waals surface area contributed by atoms with Gasteiger partial charge in [-0.3, -0.25) is 0 Å². The van der Waals surface area contributed by atoms with E-state index < -0.39 is 0 Å². The van der Waals surface area contributed by atoms with Crippen LogP contribution in [0, 0.1) is 35.5 Å². The van der Waals surface area contributed by atoms with Gasteiger partial charge in [0.1, 0.15) is 36.9 Å². The predicted octanol–water partition coefficient (Wildman–Crippen LogP) is 7.33. The van der Waals surface area contributed by atoms with Gasteiger partial charge in [0.2, 0.25) is 0 Å². The lowest BCUT2D eigenvalue weighted by Gasteiger charge is -2.57. The highest BCUT2D eigenvalue weighted by Crippen LogP contribution is 2.64. The van der Waals surface area contributed by atoms with Gasteiger partial charge in [0.15, 0.2) is 0 Å². The molecule has 0 amide bonds. The molecule has 0 N–H and O–H groups in total. The third kappa shape index (κ3) is 3.84. The smallest absolute Gasteiger partial charge is 0.127 e. The second-order valence-corrected chi connectivity index (χ2v) is 16.0. The van der Waals surface area contributed by atoms with E-state index in [-0.39, 0.29) is 17.6 Å². The Morgan fingerprint density at radius 3 is 1.62 bits per heavy atom. The summed E-state index contributed by atoms with van der Waals surface area (Å²) in [7, 11) is 0. The number of fused-ring (bicyclic) bond motifs is 1. The summed E-state index contributed by atoms with van der Waals surface area (Å²) in [5, 5.41) is 2.76. The van der Waals surface area contributed by atoms with E-state index in [2.05, 4.69) is 24.3 Å². The molecule has 2 aromatic rings. The van der Waals surface area contributed by atoms with Crippen molar-refractivity contribution < 1.29 is 18.9 Å². The molecule has 2 saturated heterocycles. The molecule has 8 bridgehead atoms. The third-order valence-electron chi connectivity index (χ3n) is 12.9. The molecule has 2 atom stereocenters. The molecule has 8 saturated carbocycles. The van der Waals surface area contributed by atoms with Crippen LogP contribution in [0.2, 0.25) is 0 Å². The Morgan fingerprint density at radius 2 is 1.10 bits per heavy atom. The number of hydrogen-bond donors (Lipinski definition) is 0. The van der Waals surface area contributed by atoms with Gasteiger partial charge >= 0.3 is 0 Å². The zero-order valence-electron chi connectivity index (χ0n) is 23.9. The molecule has 212 valence electrons. The van der Waals surface area contributed by atoms with Gasteiger partial charge in [-0.15, -0.1) is 0 Å². The molecule has 10 aliphatic rings. The maximum Gasteiger partial charge on any atom is 0.127 e. The van der Waals surface area contributed by atoms with E-state index in [0.717, 1.165) is 60.2 Å². The fraction of sp³-hybridized carbons (Fsp3) is 0.722. The first-order valence-corrected chi connectivity index (χ1v) is 16.7. The standard InChI is InChI=1S/C36H44O4/c1-21-2-23-3-22(1)12-35(11-21,13-23)28-7-27-8-29(37-17-30-18-38-30)10-32(34(27)33(9-28)40-20-31-19-39-31)36-14-24-4-25(15-36)6-26(5-24)16-36/h7-10,21-26,30-31H,1-6,11-20H2. The Bertz CT molecular complexity index is 1280. The van der Waals surface area contributed by atoms with Crippen LogP contribution in [-0.4, -0.2) is 38.6 Å². The topological polar surface area (TPSA) is 43.5 Å². The molecule has 0 spiro atoms. The molecule has 40 heavy (non-hydrogen) atoms. The lowest BCUT2D eigenvalue weighted by molar-refractivity contribution is -0.00532. The first-order valence-electron chi connectivity index (χ1n) is 16.7. The molecule has 10 fully saturated rings. The monoisotopic (exact) mass is 540 g/mol. The van der Waals surface area contributed by atoms with Crippen LogP contribution in [0.25, 0.3) is 10.8 Å². The summed E-state index contributed by atoms with van der Waals surface area (Å²) >= 11 is 0. The van der Waals surface area contributed by atoms with Crippen LogP contribution in [0.4, 0.5) is 0 Å². The van der Waals surface area contributed by atoms with Crippen molar-refractivity contribution in [2.45, 2.75) is 100 Å². The van der Waals surface area contributed by atoms with Gasteiger partial charge in [-0.1, -0.05) is 6.07 Å². The third-order valence-corrected chi connectivity index (χ3v) is 12.9. The van der Waals surface area contributed by atoms with E-state index in [1.807, 2.05) is 0 Å². The molecule has 12 rings (SSSR count). The summed E-state index contributed by atoms with van der Waals surface area (Å²) in [6, 6.07) is 9.93. The fourth-order valence-corrected chi connectivity index (χ4v) is 12.0. The van der Waals surface area contributed by atoms with Gasteiger partial charge in [0.05, 0.1) is 13.2 Å². The van der Waals surface area contributed by atoms with Crippen molar-refractivity contribution in [2.24, 2.45) is 35.5 Å². The van der Waals surface area contributed by atoms with Crippen molar-refractivity contribution in [2.75, 3.05) is 26.4 Å². The van der Waals surface area contributed by atoms with E-state index in [4.69, 9.17) is 18.9 Å². The first kappa shape index (κ1) is 23.7. The minimum Gasteiger partial charge on any atom is -0.491 e. The molecule has 8 aliphatic carbocycles. The number of rotatable bonds is 8. The van der Waals surface area contributed by atoms with Crippen molar-refractivity contribution in [3.63, 3.8) is 0 Å². The minimum absolute atomic E-state index is 0.266. The zero-order valence-corrected chi connectivity index (χ0v) is 23.9. The lowest BCUT2D eigenvalue weighted by atomic mass is 9.47. The van der Waals surface area contributed by atoms with Crippen LogP contribution in [0.5, 0.6) is 11.5 Å². The summed E-state index contributed by atoms with van der Waals surface area (Å²) < 4.78 is 24.5. The normalized spacial score (nSPS) is 45.3. The highest BCUT2D eigenvalue weighted by Gasteiger charge is 2.54. The second kappa shape index (κ2) is 8.40. The highest BCUT2D eigenvalue weighted by molar-refractivity contribution is 5.94. The van der Waals surface area contributed by atoms with Crippen molar-refractivity contribution in [1.82, 2.24) is 0 Å². The van der Waals surface area contributed by atoms with Crippen LogP contribution in [-0.2, 0) is 20.3 Å². The molecule has 2 heterocycles. The number of benzene rings is 2. The van der Waals surface area contributed by atoms with E-state index in [1.54, 1.807) is 11.1 Å². The number of hydrogen-bond acceptors (Lipinski definition) is 4. The van der Waals surface area contributed by atoms with Crippen LogP contribution >= 0.6 is 0 Å². The van der Waals surface area contributed by atoms with Crippen molar-refractivity contribution in [3.05, 3.63) is 35.4 Å². The molecule has 4 heteroatoms. The number of epoxide rings is 2. The average molecular weight is 541 g/mol. The van der Waals surface area contributed by atoms with Crippen LogP contribution in [0.15, 0.2) is 24.3 Å². The van der Waals surface area contributed by atoms with Crippen LogP contribution in [0.3, 0.4) is 0 Å². The molecule has 4 nitrogen and oxygen atoms in total. The van der Waals surface area contributed by atoms with E-state index >= 15 is 0 Å². The Kier molecular flexibility index (Phi) is 4.99. The van der Waals surface area contributed by atoms with Gasteiger partial charge in [-0.25, -0.2) is 0 Å². The summed E-state index contributed by atoms with van der Waals surface area (Å²) in [4.78, 5) is 0. The Balaban J connectivity index is 1.15. The maximum atomic E-state index is 6.81. The average Bonchev–Trinajstić information content (AvgIpc) is 3.84. The lowest BCUT2D eigenvalue weighted by Crippen LogP contribution is -2.49. The minimum atomic E-state index is 0.266. The Morgan fingerprint density at radius 1 is 0.600 bits per heavy atom. The van der Waals surface area contributed by atoms with Gasteiger partial charge in [0, 0.05) is 5.39 Å². The summed E-state index contributed by atoms with van der Waals surface area (Å²) in [5.74, 6) is 7.70. The van der Waals surface area contributed by atoms with Crippen molar-refractivity contribution >= 4 is 10.8 Å². The molecule has 0 aromatic heterocycles. The van der Waals surface area contributed by atoms with Crippen LogP contribution in [0.1, 0.15) is 88.2 Å². The number of ether oxygens (including phenoxy) is 4. The first-order chi connectivity index (χ1) is 19.6. The van der Waals surface area contributed by atoms with Gasteiger partial charge < -0.3 is 18.9 Å². The fourth-order valence-electron chi connectivity index (χ4n) is 12.0. The second-order valence-electron chi connectivity index (χ2n) is 16.0. The molecule has 0 radical (unpaired) electrons. The SMILES string of the molecule is c1c(C23CC4CC(CC(C4)C2)C3)cc2cc(OCC3CO3)cc(C34CC5CC(CC(C5)C3)C4)c2c1OCC1CO1. The van der Waals surface area contributed by atoms with E-state index in [1.165, 1.54) is 87.8 Å². The van der Waals surface area contributed by atoms with E-state index in [0.29, 0.717) is 18.6 Å². The quantitative estimate of drug-likeness (QED) is 0.329. The molecule has 2 unspecified atom stereocenters. The van der Waals surface area contributed by atoms with Crippen LogP contribution < -0.4 is 9.47 Å². The van der Waals surface area contributed by atoms with E-state index in [9.17, 15) is 0 Å². The zero-order chi connectivity index (χ0) is 26.1. The molecular weight excluding hydrogens is 496 g/mol. The summed E-state index contributed by atoms with van der Waals surface area (Å²) in [6.45, 7) is 3.03. The molecular formula is C36H44O4. The Hall–Kier alpha value is -1.78. The van der Waals surface area contributed by atoms with Gasteiger partial charge in [-0.2, -0.15) is 0 Å². The maximum absolute atomic E-state index is 6.81. The summed E-state index contributed by atoms with van der Waals surface area (Å²) in [5.41, 5.74) is 3.72.